The average molecular weight is 300 g/mol. The third kappa shape index (κ3) is 3.83. The summed E-state index contributed by atoms with van der Waals surface area (Å²) in [5.41, 5.74) is 0. The molecule has 0 aliphatic carbocycles. The van der Waals surface area contributed by atoms with Crippen LogP contribution in [0.2, 0.25) is 0 Å². The summed E-state index contributed by atoms with van der Waals surface area (Å²) in [6.45, 7) is 2.68. The molecule has 0 radical (unpaired) electrons. The zero-order chi connectivity index (χ0) is 14.8. The molecule has 1 N–H and O–H groups in total. The highest BCUT2D eigenvalue weighted by molar-refractivity contribution is 7.88. The van der Waals surface area contributed by atoms with Crippen molar-refractivity contribution in [3.8, 4) is 0 Å². The molecule has 20 heavy (non-hydrogen) atoms. The summed E-state index contributed by atoms with van der Waals surface area (Å²) < 4.78 is 30.2. The molecule has 1 atom stereocenters. The lowest BCUT2D eigenvalue weighted by Crippen LogP contribution is -2.49. The number of piperidine rings is 1. The van der Waals surface area contributed by atoms with Gasteiger partial charge in [-0.3, -0.25) is 4.79 Å². The molecule has 1 aromatic rings. The van der Waals surface area contributed by atoms with Gasteiger partial charge in [0.05, 0.1) is 6.26 Å². The van der Waals surface area contributed by atoms with E-state index in [1.807, 2.05) is 0 Å². The van der Waals surface area contributed by atoms with E-state index in [1.165, 1.54) is 0 Å². The predicted octanol–water partition coefficient (Wildman–Crippen LogP) is 1.13. The minimum Gasteiger partial charge on any atom is -0.456 e. The maximum Gasteiger partial charge on any atom is 0.289 e. The second kappa shape index (κ2) is 5.97. The van der Waals surface area contributed by atoms with E-state index in [0.717, 1.165) is 25.5 Å². The van der Waals surface area contributed by atoms with E-state index in [0.29, 0.717) is 18.1 Å². The van der Waals surface area contributed by atoms with E-state index in [2.05, 4.69) is 4.72 Å². The number of nitrogens with zero attached hydrogens (tertiary/aromatic N) is 1. The molecule has 0 spiro atoms. The molecule has 112 valence electrons. The Morgan fingerprint density at radius 3 is 2.80 bits per heavy atom. The maximum atomic E-state index is 12.4. The van der Waals surface area contributed by atoms with Gasteiger partial charge in [-0.05, 0) is 38.3 Å². The Bertz CT molecular complexity index is 579. The Morgan fingerprint density at radius 2 is 2.20 bits per heavy atom. The number of carbonyl (C=O) groups excluding carboxylic acids is 1. The molecule has 0 aromatic carbocycles. The number of nitrogens with one attached hydrogen (secondary N) is 1. The second-order valence-corrected chi connectivity index (χ2v) is 7.01. The van der Waals surface area contributed by atoms with Crippen LogP contribution < -0.4 is 4.72 Å². The van der Waals surface area contributed by atoms with Crippen molar-refractivity contribution >= 4 is 15.9 Å². The molecule has 0 saturated carbocycles. The van der Waals surface area contributed by atoms with Crippen LogP contribution in [0.15, 0.2) is 16.5 Å². The number of furan rings is 1. The Balaban J connectivity index is 2.08. The molecule has 1 saturated heterocycles. The monoisotopic (exact) mass is 300 g/mol. The number of amides is 1. The van der Waals surface area contributed by atoms with Crippen molar-refractivity contribution in [2.45, 2.75) is 32.2 Å². The van der Waals surface area contributed by atoms with E-state index in [-0.39, 0.29) is 18.5 Å². The van der Waals surface area contributed by atoms with Gasteiger partial charge >= 0.3 is 0 Å². The van der Waals surface area contributed by atoms with Gasteiger partial charge in [0.15, 0.2) is 5.76 Å². The Labute approximate surface area is 119 Å². The van der Waals surface area contributed by atoms with Gasteiger partial charge in [0.25, 0.3) is 5.91 Å². The Hall–Kier alpha value is -1.34. The fourth-order valence-electron chi connectivity index (χ4n) is 2.42. The maximum absolute atomic E-state index is 12.4. The normalized spacial score (nSPS) is 20.1. The number of hydrogen-bond acceptors (Lipinski definition) is 4. The number of rotatable bonds is 4. The molecule has 2 heterocycles. The molecule has 2 rings (SSSR count). The largest absolute Gasteiger partial charge is 0.456 e. The van der Waals surface area contributed by atoms with Crippen LogP contribution in [0, 0.1) is 6.92 Å². The number of carbonyl (C=O) groups is 1. The van der Waals surface area contributed by atoms with Gasteiger partial charge in [-0.2, -0.15) is 0 Å². The summed E-state index contributed by atoms with van der Waals surface area (Å²) in [6.07, 6.45) is 3.85. The summed E-state index contributed by atoms with van der Waals surface area (Å²) in [4.78, 5) is 14.1. The third-order valence-corrected chi connectivity index (χ3v) is 4.11. The summed E-state index contributed by atoms with van der Waals surface area (Å²) >= 11 is 0. The zero-order valence-electron chi connectivity index (χ0n) is 11.8. The zero-order valence-corrected chi connectivity index (χ0v) is 12.6. The van der Waals surface area contributed by atoms with Gasteiger partial charge in [-0.1, -0.05) is 0 Å². The Kier molecular flexibility index (Phi) is 4.49. The van der Waals surface area contributed by atoms with E-state index >= 15 is 0 Å². The summed E-state index contributed by atoms with van der Waals surface area (Å²) in [5, 5.41) is 0. The highest BCUT2D eigenvalue weighted by Crippen LogP contribution is 2.20. The molecule has 1 aromatic heterocycles. The molecule has 1 amide bonds. The average Bonchev–Trinajstić information content (AvgIpc) is 2.82. The van der Waals surface area contributed by atoms with Crippen LogP contribution in [0.4, 0.5) is 0 Å². The molecular weight excluding hydrogens is 280 g/mol. The molecule has 1 fully saturated rings. The van der Waals surface area contributed by atoms with Crippen molar-refractivity contribution in [1.82, 2.24) is 9.62 Å². The minimum absolute atomic E-state index is 0.114. The fourth-order valence-corrected chi connectivity index (χ4v) is 2.91. The van der Waals surface area contributed by atoms with E-state index in [4.69, 9.17) is 4.42 Å². The molecule has 6 nitrogen and oxygen atoms in total. The van der Waals surface area contributed by atoms with Gasteiger partial charge in [0.2, 0.25) is 10.0 Å². The smallest absolute Gasteiger partial charge is 0.289 e. The number of sulfonamides is 1. The van der Waals surface area contributed by atoms with E-state index < -0.39 is 10.0 Å². The summed E-state index contributed by atoms with van der Waals surface area (Å²) in [7, 11) is -3.24. The van der Waals surface area contributed by atoms with Crippen LogP contribution >= 0.6 is 0 Å². The van der Waals surface area contributed by atoms with Crippen LogP contribution in [0.5, 0.6) is 0 Å². The SMILES string of the molecule is Cc1ccc(C(=O)N2CCCCC2CNS(C)(=O)=O)o1. The molecule has 1 aliphatic heterocycles. The van der Waals surface area contributed by atoms with Gasteiger partial charge in [-0.25, -0.2) is 13.1 Å². The van der Waals surface area contributed by atoms with Crippen molar-refractivity contribution < 1.29 is 17.6 Å². The van der Waals surface area contributed by atoms with Crippen molar-refractivity contribution in [3.63, 3.8) is 0 Å². The number of hydrogen-bond donors (Lipinski definition) is 1. The van der Waals surface area contributed by atoms with Crippen LogP contribution in [0.1, 0.15) is 35.6 Å². The quantitative estimate of drug-likeness (QED) is 0.904. The molecule has 1 aliphatic rings. The van der Waals surface area contributed by atoms with Crippen molar-refractivity contribution in [2.75, 3.05) is 19.3 Å². The molecule has 0 bridgehead atoms. The van der Waals surface area contributed by atoms with Crippen LogP contribution in [-0.4, -0.2) is 44.6 Å². The summed E-state index contributed by atoms with van der Waals surface area (Å²) in [6, 6.07) is 3.30. The lowest BCUT2D eigenvalue weighted by Gasteiger charge is -2.35. The lowest BCUT2D eigenvalue weighted by atomic mass is 10.0. The first-order chi connectivity index (χ1) is 9.37. The molecular formula is C13H20N2O4S. The van der Waals surface area contributed by atoms with E-state index in [9.17, 15) is 13.2 Å². The minimum atomic E-state index is -3.24. The fraction of sp³-hybridized carbons (Fsp3) is 0.615. The first kappa shape index (κ1) is 15.1. The highest BCUT2D eigenvalue weighted by atomic mass is 32.2. The first-order valence-corrected chi connectivity index (χ1v) is 8.58. The topological polar surface area (TPSA) is 79.6 Å². The van der Waals surface area contributed by atoms with Gasteiger partial charge in [0.1, 0.15) is 5.76 Å². The second-order valence-electron chi connectivity index (χ2n) is 5.18. The molecule has 1 unspecified atom stereocenters. The van der Waals surface area contributed by atoms with Crippen LogP contribution in [-0.2, 0) is 10.0 Å². The number of aryl methyl sites for hydroxylation is 1. The van der Waals surface area contributed by atoms with E-state index in [1.54, 1.807) is 24.0 Å². The summed E-state index contributed by atoms with van der Waals surface area (Å²) in [5.74, 6) is 0.836. The first-order valence-electron chi connectivity index (χ1n) is 6.69. The van der Waals surface area contributed by atoms with Crippen LogP contribution in [0.25, 0.3) is 0 Å². The molecule has 7 heteroatoms. The standard InChI is InChI=1S/C13H20N2O4S/c1-10-6-7-12(19-10)13(16)15-8-4-3-5-11(15)9-14-20(2,17)18/h6-7,11,14H,3-5,8-9H2,1-2H3. The van der Waals surface area contributed by atoms with Crippen molar-refractivity contribution in [3.05, 3.63) is 23.7 Å². The predicted molar refractivity (Wildman–Crippen MR) is 75.0 cm³/mol. The Morgan fingerprint density at radius 1 is 1.45 bits per heavy atom. The van der Waals surface area contributed by atoms with Gasteiger partial charge in [-0.15, -0.1) is 0 Å². The van der Waals surface area contributed by atoms with Crippen molar-refractivity contribution in [1.29, 1.82) is 0 Å². The van der Waals surface area contributed by atoms with Gasteiger partial charge < -0.3 is 9.32 Å². The van der Waals surface area contributed by atoms with Gasteiger partial charge in [0, 0.05) is 19.1 Å². The van der Waals surface area contributed by atoms with Crippen molar-refractivity contribution in [2.24, 2.45) is 0 Å². The number of likely N-dealkylation sites (tertiary alicyclic amines) is 1. The third-order valence-electron chi connectivity index (χ3n) is 3.42. The lowest BCUT2D eigenvalue weighted by molar-refractivity contribution is 0.0585. The highest BCUT2D eigenvalue weighted by Gasteiger charge is 2.29. The van der Waals surface area contributed by atoms with Crippen LogP contribution in [0.3, 0.4) is 0 Å².